The van der Waals surface area contributed by atoms with E-state index in [9.17, 15) is 0 Å². The molecule has 5 nitrogen and oxygen atoms in total. The van der Waals surface area contributed by atoms with Gasteiger partial charge in [-0.05, 0) is 68.4 Å². The predicted molar refractivity (Wildman–Crippen MR) is 223 cm³/mol. The molecule has 0 spiro atoms. The van der Waals surface area contributed by atoms with Crippen LogP contribution in [0.3, 0.4) is 0 Å². The van der Waals surface area contributed by atoms with Crippen molar-refractivity contribution < 1.29 is 4.42 Å². The number of rotatable bonds is 7. The van der Waals surface area contributed by atoms with Gasteiger partial charge < -0.3 is 4.42 Å². The fourth-order valence-corrected chi connectivity index (χ4v) is 7.30. The molecule has 0 saturated heterocycles. The number of para-hydroxylation sites is 2. The number of aromatic nitrogens is 4. The molecule has 258 valence electrons. The van der Waals surface area contributed by atoms with Gasteiger partial charge in [-0.3, -0.25) is 0 Å². The first kappa shape index (κ1) is 32.2. The van der Waals surface area contributed by atoms with Crippen LogP contribution < -0.4 is 0 Å². The Morgan fingerprint density at radius 2 is 0.800 bits per heavy atom. The molecule has 55 heavy (non-hydrogen) atoms. The third-order valence-electron chi connectivity index (χ3n) is 10.0. The summed E-state index contributed by atoms with van der Waals surface area (Å²) in [7, 11) is 0. The van der Waals surface area contributed by atoms with E-state index in [-0.39, 0.29) is 0 Å². The highest BCUT2D eigenvalue weighted by molar-refractivity contribution is 6.04. The summed E-state index contributed by atoms with van der Waals surface area (Å²) in [6, 6.07) is 66.8. The third-order valence-corrected chi connectivity index (χ3v) is 10.0. The van der Waals surface area contributed by atoms with E-state index in [0.29, 0.717) is 23.4 Å². The smallest absolute Gasteiger partial charge is 0.227 e. The van der Waals surface area contributed by atoms with Crippen molar-refractivity contribution in [1.82, 2.24) is 19.9 Å². The van der Waals surface area contributed by atoms with Crippen molar-refractivity contribution in [3.63, 3.8) is 0 Å². The average Bonchev–Trinajstić information content (AvgIpc) is 3.71. The maximum atomic E-state index is 6.12. The van der Waals surface area contributed by atoms with Crippen LogP contribution in [0.2, 0.25) is 0 Å². The lowest BCUT2D eigenvalue weighted by atomic mass is 9.86. The van der Waals surface area contributed by atoms with Gasteiger partial charge in [0, 0.05) is 22.3 Å². The van der Waals surface area contributed by atoms with Gasteiger partial charge in [-0.2, -0.15) is 0 Å². The maximum absolute atomic E-state index is 6.12. The Morgan fingerprint density at radius 1 is 0.309 bits per heavy atom. The molecule has 0 aliphatic rings. The van der Waals surface area contributed by atoms with Crippen LogP contribution in [0.15, 0.2) is 199 Å². The summed E-state index contributed by atoms with van der Waals surface area (Å²) in [6.45, 7) is 0. The maximum Gasteiger partial charge on any atom is 0.227 e. The number of oxazole rings is 1. The van der Waals surface area contributed by atoms with E-state index in [1.807, 2.05) is 84.9 Å². The molecule has 10 rings (SSSR count). The van der Waals surface area contributed by atoms with Gasteiger partial charge in [0.2, 0.25) is 5.89 Å². The number of nitrogens with zero attached hydrogens (tertiary/aromatic N) is 4. The lowest BCUT2D eigenvalue weighted by Crippen LogP contribution is -2.00. The molecule has 10 aromatic rings. The van der Waals surface area contributed by atoms with E-state index in [4.69, 9.17) is 24.4 Å². The van der Waals surface area contributed by atoms with E-state index in [1.54, 1.807) is 0 Å². The van der Waals surface area contributed by atoms with Gasteiger partial charge in [0.25, 0.3) is 0 Å². The van der Waals surface area contributed by atoms with Crippen LogP contribution in [0, 0.1) is 0 Å². The molecular weight excluding hydrogens is 673 g/mol. The molecule has 0 amide bonds. The standard InChI is InChI=1S/C50H32N4O/c1-3-14-36(15-4-1)47-52-48(37-16-5-2-6-17-37)54-49(53-47)38-29-25-34(26-30-38)41-20-12-22-43(42-21-11-18-33-13-7-8-19-40(33)42)46(41)35-27-31-39(32-28-35)50-51-44-23-9-10-24-45(44)55-50/h1-32H. The second-order valence-electron chi connectivity index (χ2n) is 13.4. The summed E-state index contributed by atoms with van der Waals surface area (Å²) < 4.78 is 6.12. The zero-order chi connectivity index (χ0) is 36.6. The van der Waals surface area contributed by atoms with Crippen LogP contribution in [0.25, 0.3) is 101 Å². The number of benzene rings is 8. The summed E-state index contributed by atoms with van der Waals surface area (Å²) in [5, 5.41) is 2.41. The van der Waals surface area contributed by atoms with E-state index < -0.39 is 0 Å². The minimum atomic E-state index is 0.607. The van der Waals surface area contributed by atoms with Gasteiger partial charge in [0.05, 0.1) is 0 Å². The average molecular weight is 705 g/mol. The van der Waals surface area contributed by atoms with Gasteiger partial charge in [0.1, 0.15) is 5.52 Å². The monoisotopic (exact) mass is 704 g/mol. The molecule has 0 N–H and O–H groups in total. The van der Waals surface area contributed by atoms with Gasteiger partial charge in [-0.15, -0.1) is 0 Å². The molecule has 0 unspecified atom stereocenters. The fraction of sp³-hybridized carbons (Fsp3) is 0. The minimum Gasteiger partial charge on any atom is -0.436 e. The van der Waals surface area contributed by atoms with Gasteiger partial charge in [0.15, 0.2) is 23.1 Å². The molecule has 0 atom stereocenters. The summed E-state index contributed by atoms with van der Waals surface area (Å²) in [4.78, 5) is 19.5. The summed E-state index contributed by atoms with van der Waals surface area (Å²) >= 11 is 0. The Hall–Kier alpha value is -7.50. The number of hydrogen-bond donors (Lipinski definition) is 0. The highest BCUT2D eigenvalue weighted by Crippen LogP contribution is 2.43. The summed E-state index contributed by atoms with van der Waals surface area (Å²) in [6.07, 6.45) is 0. The van der Waals surface area contributed by atoms with Crippen molar-refractivity contribution >= 4 is 21.9 Å². The molecule has 0 saturated carbocycles. The molecule has 0 fully saturated rings. The molecule has 5 heteroatoms. The fourth-order valence-electron chi connectivity index (χ4n) is 7.30. The van der Waals surface area contributed by atoms with Crippen LogP contribution >= 0.6 is 0 Å². The third kappa shape index (κ3) is 6.14. The highest BCUT2D eigenvalue weighted by Gasteiger charge is 2.18. The molecule has 2 aromatic heterocycles. The van der Waals surface area contributed by atoms with Crippen LogP contribution in [0.1, 0.15) is 0 Å². The Bertz CT molecular complexity index is 2860. The lowest BCUT2D eigenvalue weighted by Gasteiger charge is -2.18. The molecule has 0 aliphatic carbocycles. The molecule has 0 bridgehead atoms. The normalized spacial score (nSPS) is 11.3. The van der Waals surface area contributed by atoms with Gasteiger partial charge in [-0.25, -0.2) is 19.9 Å². The number of hydrogen-bond acceptors (Lipinski definition) is 5. The Kier molecular flexibility index (Phi) is 8.08. The Labute approximate surface area is 318 Å². The van der Waals surface area contributed by atoms with Crippen molar-refractivity contribution in [3.8, 4) is 79.0 Å². The SMILES string of the molecule is c1ccc(-c2nc(-c3ccccc3)nc(-c3ccc(-c4cccc(-c5cccc6ccccc56)c4-c4ccc(-c5nc6ccccc6o5)cc4)cc3)n2)cc1. The van der Waals surface area contributed by atoms with E-state index in [1.165, 1.54) is 16.3 Å². The van der Waals surface area contributed by atoms with Gasteiger partial charge in [-0.1, -0.05) is 170 Å². The second kappa shape index (κ2) is 13.8. The van der Waals surface area contributed by atoms with Crippen LogP contribution in [0.4, 0.5) is 0 Å². The Morgan fingerprint density at radius 3 is 1.49 bits per heavy atom. The summed E-state index contributed by atoms with van der Waals surface area (Å²) in [5.74, 6) is 2.51. The van der Waals surface area contributed by atoms with Crippen LogP contribution in [-0.4, -0.2) is 19.9 Å². The molecule has 0 radical (unpaired) electrons. The quantitative estimate of drug-likeness (QED) is 0.165. The van der Waals surface area contributed by atoms with Crippen molar-refractivity contribution in [2.45, 2.75) is 0 Å². The van der Waals surface area contributed by atoms with Crippen molar-refractivity contribution in [3.05, 3.63) is 194 Å². The first-order valence-corrected chi connectivity index (χ1v) is 18.3. The Balaban J connectivity index is 1.10. The number of fused-ring (bicyclic) bond motifs is 2. The van der Waals surface area contributed by atoms with E-state index >= 15 is 0 Å². The highest BCUT2D eigenvalue weighted by atomic mass is 16.3. The van der Waals surface area contributed by atoms with Crippen molar-refractivity contribution in [1.29, 1.82) is 0 Å². The zero-order valence-electron chi connectivity index (χ0n) is 29.7. The zero-order valence-corrected chi connectivity index (χ0v) is 29.7. The van der Waals surface area contributed by atoms with Crippen molar-refractivity contribution in [2.75, 3.05) is 0 Å². The lowest BCUT2D eigenvalue weighted by molar-refractivity contribution is 0.620. The minimum absolute atomic E-state index is 0.607. The van der Waals surface area contributed by atoms with Crippen molar-refractivity contribution in [2.24, 2.45) is 0 Å². The van der Waals surface area contributed by atoms with Gasteiger partial charge >= 0.3 is 0 Å². The second-order valence-corrected chi connectivity index (χ2v) is 13.4. The van der Waals surface area contributed by atoms with E-state index in [2.05, 4.69) is 109 Å². The molecule has 2 heterocycles. The first-order valence-electron chi connectivity index (χ1n) is 18.3. The van der Waals surface area contributed by atoms with E-state index in [0.717, 1.165) is 61.2 Å². The largest absolute Gasteiger partial charge is 0.436 e. The van der Waals surface area contributed by atoms with Crippen LogP contribution in [-0.2, 0) is 0 Å². The molecule has 8 aromatic carbocycles. The topological polar surface area (TPSA) is 64.7 Å². The predicted octanol–water partition coefficient (Wildman–Crippen LogP) is 12.8. The van der Waals surface area contributed by atoms with Crippen LogP contribution in [0.5, 0.6) is 0 Å². The summed E-state index contributed by atoms with van der Waals surface area (Å²) in [5.41, 5.74) is 12.1. The first-order chi connectivity index (χ1) is 27.2. The molecular formula is C50H32N4O. The molecule has 0 aliphatic heterocycles.